The Bertz CT molecular complexity index is 1940. The molecular formula is C33H31FN8O5. The zero-order valence-corrected chi connectivity index (χ0v) is 25.5. The van der Waals surface area contributed by atoms with Gasteiger partial charge in [-0.05, 0) is 66.3 Å². The molecule has 2 fully saturated rings. The van der Waals surface area contributed by atoms with Gasteiger partial charge in [0.05, 0.1) is 5.92 Å². The van der Waals surface area contributed by atoms with Crippen LogP contribution in [-0.4, -0.2) is 72.1 Å². The van der Waals surface area contributed by atoms with Crippen molar-refractivity contribution >= 4 is 34.6 Å². The van der Waals surface area contributed by atoms with Crippen molar-refractivity contribution in [1.82, 2.24) is 35.1 Å². The van der Waals surface area contributed by atoms with Gasteiger partial charge in [-0.15, -0.1) is 10.2 Å². The number of piperidine rings is 1. The zero-order valence-electron chi connectivity index (χ0n) is 25.5. The molecule has 2 aromatic carbocycles. The number of anilines is 1. The maximum atomic E-state index is 13.6. The fourth-order valence-corrected chi connectivity index (χ4v) is 5.90. The van der Waals surface area contributed by atoms with Gasteiger partial charge in [0.2, 0.25) is 17.6 Å². The average molecular weight is 639 g/mol. The Morgan fingerprint density at radius 1 is 1.09 bits per heavy atom. The number of ether oxygens (including phenoxy) is 1. The second-order valence-electron chi connectivity index (χ2n) is 11.8. The molecule has 13 nitrogen and oxygen atoms in total. The van der Waals surface area contributed by atoms with Crippen LogP contribution in [0, 0.1) is 11.8 Å². The molecule has 3 aromatic heterocycles. The molecule has 2 amide bonds. The van der Waals surface area contributed by atoms with E-state index in [1.54, 1.807) is 46.2 Å². The first-order valence-electron chi connectivity index (χ1n) is 15.4. The van der Waals surface area contributed by atoms with Gasteiger partial charge >= 0.3 is 5.97 Å². The molecule has 0 radical (unpaired) electrons. The van der Waals surface area contributed by atoms with Crippen LogP contribution in [0.2, 0.25) is 0 Å². The lowest BCUT2D eigenvalue weighted by molar-refractivity contribution is -0.142. The summed E-state index contributed by atoms with van der Waals surface area (Å²) in [6.45, 7) is 2.29. The molecule has 1 saturated heterocycles. The third-order valence-corrected chi connectivity index (χ3v) is 8.47. The maximum absolute atomic E-state index is 13.6. The number of amides is 2. The summed E-state index contributed by atoms with van der Waals surface area (Å²) in [7, 11) is 0. The Labute approximate surface area is 268 Å². The van der Waals surface area contributed by atoms with Gasteiger partial charge < -0.3 is 19.4 Å². The molecule has 7 rings (SSSR count). The lowest BCUT2D eigenvalue weighted by Crippen LogP contribution is -2.41. The van der Waals surface area contributed by atoms with Gasteiger partial charge in [0.1, 0.15) is 23.4 Å². The van der Waals surface area contributed by atoms with Crippen LogP contribution >= 0.6 is 0 Å². The molecule has 1 aliphatic heterocycles. The number of nitrogens with zero attached hydrogens (tertiary/aromatic N) is 7. The van der Waals surface area contributed by atoms with Gasteiger partial charge in [0.15, 0.2) is 12.2 Å². The molecule has 0 spiro atoms. The fourth-order valence-electron chi connectivity index (χ4n) is 5.90. The Balaban J connectivity index is 1.03. The van der Waals surface area contributed by atoms with E-state index in [0.29, 0.717) is 60.0 Å². The maximum Gasteiger partial charge on any atom is 0.303 e. The second kappa shape index (κ2) is 12.7. The van der Waals surface area contributed by atoms with E-state index in [9.17, 15) is 18.8 Å². The summed E-state index contributed by atoms with van der Waals surface area (Å²) in [5.74, 6) is -0.820. The van der Waals surface area contributed by atoms with Crippen molar-refractivity contribution in [2.24, 2.45) is 11.8 Å². The number of rotatable bonds is 9. The number of aromatic nitrogens is 6. The van der Waals surface area contributed by atoms with Crippen molar-refractivity contribution in [2.45, 2.75) is 45.0 Å². The first-order chi connectivity index (χ1) is 22.8. The topological polar surface area (TPSA) is 158 Å². The number of esters is 1. The van der Waals surface area contributed by atoms with Crippen molar-refractivity contribution < 1.29 is 27.9 Å². The fraction of sp³-hybridized carbons (Fsp3) is 0.333. The highest BCUT2D eigenvalue weighted by molar-refractivity contribution is 5.96. The number of benzene rings is 2. The van der Waals surface area contributed by atoms with E-state index in [1.807, 2.05) is 30.3 Å². The number of tetrazole rings is 1. The summed E-state index contributed by atoms with van der Waals surface area (Å²) in [5, 5.41) is 15.6. The van der Waals surface area contributed by atoms with E-state index in [2.05, 4.69) is 30.7 Å². The van der Waals surface area contributed by atoms with Gasteiger partial charge in [0, 0.05) is 37.5 Å². The number of carbonyl (C=O) groups excluding carboxylic acids is 3. The number of halogens is 1. The number of pyridine rings is 1. The summed E-state index contributed by atoms with van der Waals surface area (Å²) < 4.78 is 24.2. The van der Waals surface area contributed by atoms with Gasteiger partial charge in [-0.2, -0.15) is 4.80 Å². The third-order valence-electron chi connectivity index (χ3n) is 8.47. The molecule has 14 heteroatoms. The zero-order chi connectivity index (χ0) is 32.5. The van der Waals surface area contributed by atoms with Crippen LogP contribution in [0.3, 0.4) is 0 Å². The molecule has 2 aliphatic rings. The van der Waals surface area contributed by atoms with E-state index in [-0.39, 0.29) is 42.5 Å². The molecule has 1 saturated carbocycles. The predicted molar refractivity (Wildman–Crippen MR) is 165 cm³/mol. The quantitative estimate of drug-likeness (QED) is 0.230. The minimum atomic E-state index is -1.08. The molecule has 240 valence electrons. The van der Waals surface area contributed by atoms with Gasteiger partial charge in [-0.1, -0.05) is 30.3 Å². The van der Waals surface area contributed by atoms with Crippen molar-refractivity contribution in [1.29, 1.82) is 0 Å². The van der Waals surface area contributed by atoms with E-state index in [0.717, 1.165) is 5.56 Å². The number of nitrogens with one attached hydrogen (secondary N) is 1. The molecule has 4 heterocycles. The lowest BCUT2D eigenvalue weighted by atomic mass is 9.85. The predicted octanol–water partition coefficient (Wildman–Crippen LogP) is 4.38. The Kier molecular flexibility index (Phi) is 8.14. The lowest BCUT2D eigenvalue weighted by Gasteiger charge is -2.35. The number of fused-ring (bicyclic) bond motifs is 1. The SMILES string of the molecule is CC(=O)OCc1nnn(C(c2ccccc2)C2CCN(C(=O)c3cc(-c4nc5cc(NC(=O)[C@@H]6C[C@@H]6F)ccc5o4)ccn3)CC2)n1. The standard InChI is InChI=1S/C33H31FN8O5/c1-19(43)46-18-29-38-40-42(39-29)30(20-5-3-2-4-6-20)21-10-13-41(14-11-21)33(45)27-15-22(9-12-35-27)32-37-26-16-23(7-8-28(26)47-32)36-31(44)24-17-25(24)34/h2-9,12,15-16,21,24-25,30H,10-11,13-14,17-18H2,1H3,(H,36,44)/t24-,25+,30?/m1/s1. The highest BCUT2D eigenvalue weighted by Crippen LogP contribution is 2.36. The first-order valence-corrected chi connectivity index (χ1v) is 15.4. The monoisotopic (exact) mass is 638 g/mol. The molecule has 1 aliphatic carbocycles. The number of hydrogen-bond acceptors (Lipinski definition) is 10. The van der Waals surface area contributed by atoms with Crippen LogP contribution in [0.15, 0.2) is 71.3 Å². The van der Waals surface area contributed by atoms with Crippen LogP contribution in [0.25, 0.3) is 22.6 Å². The third kappa shape index (κ3) is 6.57. The second-order valence-corrected chi connectivity index (χ2v) is 11.8. The summed E-state index contributed by atoms with van der Waals surface area (Å²) in [6.07, 6.45) is 2.11. The van der Waals surface area contributed by atoms with Crippen LogP contribution in [0.4, 0.5) is 10.1 Å². The molecule has 3 atom stereocenters. The van der Waals surface area contributed by atoms with Crippen LogP contribution in [-0.2, 0) is 20.9 Å². The van der Waals surface area contributed by atoms with Gasteiger partial charge in [0.25, 0.3) is 5.91 Å². The average Bonchev–Trinajstić information content (AvgIpc) is 3.43. The molecule has 0 bridgehead atoms. The van der Waals surface area contributed by atoms with Crippen molar-refractivity contribution in [3.8, 4) is 11.5 Å². The summed E-state index contributed by atoms with van der Waals surface area (Å²) in [5.41, 5.74) is 3.41. The summed E-state index contributed by atoms with van der Waals surface area (Å²) in [6, 6.07) is 18.1. The smallest absolute Gasteiger partial charge is 0.303 e. The molecule has 5 aromatic rings. The number of likely N-dealkylation sites (tertiary alicyclic amines) is 1. The van der Waals surface area contributed by atoms with Crippen LogP contribution in [0.1, 0.15) is 54.1 Å². The molecule has 1 N–H and O–H groups in total. The molecular weight excluding hydrogens is 607 g/mol. The molecule has 1 unspecified atom stereocenters. The van der Waals surface area contributed by atoms with Crippen LogP contribution < -0.4 is 5.32 Å². The Morgan fingerprint density at radius 2 is 1.87 bits per heavy atom. The van der Waals surface area contributed by atoms with E-state index >= 15 is 0 Å². The summed E-state index contributed by atoms with van der Waals surface area (Å²) in [4.78, 5) is 49.2. The highest BCUT2D eigenvalue weighted by Gasteiger charge is 2.43. The van der Waals surface area contributed by atoms with Gasteiger partial charge in [-0.25, -0.2) is 9.37 Å². The van der Waals surface area contributed by atoms with E-state index in [1.165, 1.54) is 6.92 Å². The van der Waals surface area contributed by atoms with Crippen molar-refractivity contribution in [3.63, 3.8) is 0 Å². The van der Waals surface area contributed by atoms with Crippen molar-refractivity contribution in [3.05, 3.63) is 83.9 Å². The number of hydrogen-bond donors (Lipinski definition) is 1. The Hall–Kier alpha value is -5.53. The normalized spacial score (nSPS) is 18.6. The minimum Gasteiger partial charge on any atom is -0.457 e. The van der Waals surface area contributed by atoms with Gasteiger partial charge in [-0.3, -0.25) is 19.4 Å². The molecule has 47 heavy (non-hydrogen) atoms. The van der Waals surface area contributed by atoms with E-state index in [4.69, 9.17) is 9.15 Å². The largest absolute Gasteiger partial charge is 0.457 e. The Morgan fingerprint density at radius 3 is 2.62 bits per heavy atom. The van der Waals surface area contributed by atoms with Crippen molar-refractivity contribution in [2.75, 3.05) is 18.4 Å². The number of oxazole rings is 1. The minimum absolute atomic E-state index is 0.0546. The van der Waals surface area contributed by atoms with Crippen LogP contribution in [0.5, 0.6) is 0 Å². The number of carbonyl (C=O) groups is 3. The summed E-state index contributed by atoms with van der Waals surface area (Å²) >= 11 is 0. The first kappa shape index (κ1) is 30.1. The highest BCUT2D eigenvalue weighted by atomic mass is 19.1. The number of alkyl halides is 1. The van der Waals surface area contributed by atoms with E-state index < -0.39 is 18.1 Å².